The van der Waals surface area contributed by atoms with Crippen LogP contribution in [0, 0.1) is 11.7 Å². The Labute approximate surface area is 178 Å². The van der Waals surface area contributed by atoms with Crippen LogP contribution in [-0.4, -0.2) is 44.7 Å². The van der Waals surface area contributed by atoms with Crippen LogP contribution in [0.1, 0.15) is 46.9 Å². The van der Waals surface area contributed by atoms with E-state index in [4.69, 9.17) is 0 Å². The second-order valence-corrected chi connectivity index (χ2v) is 11.2. The molecule has 2 unspecified atom stereocenters. The topological polar surface area (TPSA) is 49.4 Å². The van der Waals surface area contributed by atoms with Gasteiger partial charge in [0, 0.05) is 31.0 Å². The summed E-state index contributed by atoms with van der Waals surface area (Å²) in [5, 5.41) is 3.42. The summed E-state index contributed by atoms with van der Waals surface area (Å²) < 4.78 is 41.4. The van der Waals surface area contributed by atoms with Crippen molar-refractivity contribution in [2.45, 2.75) is 43.6 Å². The first-order chi connectivity index (χ1) is 14.4. The van der Waals surface area contributed by atoms with Gasteiger partial charge in [-0.1, -0.05) is 36.4 Å². The van der Waals surface area contributed by atoms with Gasteiger partial charge in [0.25, 0.3) is 0 Å². The molecule has 2 fully saturated rings. The van der Waals surface area contributed by atoms with E-state index in [0.29, 0.717) is 30.5 Å². The minimum Gasteiger partial charge on any atom is -0.316 e. The van der Waals surface area contributed by atoms with E-state index in [2.05, 4.69) is 29.6 Å². The molecule has 2 atom stereocenters. The molecule has 0 bridgehead atoms. The number of nitrogens with one attached hydrogen (secondary N) is 1. The van der Waals surface area contributed by atoms with Crippen LogP contribution >= 0.6 is 0 Å². The van der Waals surface area contributed by atoms with E-state index in [-0.39, 0.29) is 23.5 Å². The highest BCUT2D eigenvalue weighted by atomic mass is 32.2. The Morgan fingerprint density at radius 2 is 1.83 bits per heavy atom. The molecule has 5 rings (SSSR count). The van der Waals surface area contributed by atoms with Crippen LogP contribution in [-0.2, 0) is 22.9 Å². The molecule has 1 aliphatic heterocycles. The molecule has 0 spiro atoms. The molecule has 1 saturated carbocycles. The first-order valence-corrected chi connectivity index (χ1v) is 12.6. The van der Waals surface area contributed by atoms with E-state index >= 15 is 0 Å². The van der Waals surface area contributed by atoms with E-state index < -0.39 is 10.0 Å². The highest BCUT2D eigenvalue weighted by Crippen LogP contribution is 2.41. The van der Waals surface area contributed by atoms with Crippen molar-refractivity contribution >= 4 is 10.0 Å². The summed E-state index contributed by atoms with van der Waals surface area (Å²) in [7, 11) is -1.22. The van der Waals surface area contributed by atoms with E-state index in [1.165, 1.54) is 11.1 Å². The smallest absolute Gasteiger partial charge is 0.214 e. The van der Waals surface area contributed by atoms with Gasteiger partial charge in [-0.05, 0) is 67.0 Å². The zero-order valence-electron chi connectivity index (χ0n) is 17.4. The summed E-state index contributed by atoms with van der Waals surface area (Å²) in [5.74, 6) is 0.656. The summed E-state index contributed by atoms with van der Waals surface area (Å²) in [5.41, 5.74) is 4.26. The lowest BCUT2D eigenvalue weighted by Gasteiger charge is -2.38. The van der Waals surface area contributed by atoms with E-state index in [9.17, 15) is 12.8 Å². The minimum atomic E-state index is -3.19. The molecule has 2 aromatic carbocycles. The van der Waals surface area contributed by atoms with Crippen molar-refractivity contribution in [2.75, 3.05) is 25.9 Å². The van der Waals surface area contributed by atoms with Crippen LogP contribution < -0.4 is 5.32 Å². The fourth-order valence-electron chi connectivity index (χ4n) is 5.05. The van der Waals surface area contributed by atoms with Gasteiger partial charge < -0.3 is 5.32 Å². The van der Waals surface area contributed by atoms with Crippen molar-refractivity contribution < 1.29 is 12.8 Å². The lowest BCUT2D eigenvalue weighted by Crippen LogP contribution is -2.49. The summed E-state index contributed by atoms with van der Waals surface area (Å²) in [6.07, 6.45) is 3.78. The first-order valence-electron chi connectivity index (χ1n) is 11.0. The molecule has 0 radical (unpaired) electrons. The highest BCUT2D eigenvalue weighted by Gasteiger charge is 2.41. The van der Waals surface area contributed by atoms with Crippen molar-refractivity contribution in [1.29, 1.82) is 0 Å². The number of halogens is 1. The van der Waals surface area contributed by atoms with Crippen LogP contribution in [0.2, 0.25) is 0 Å². The second-order valence-electron chi connectivity index (χ2n) is 9.20. The fraction of sp³-hybridized carbons (Fsp3) is 0.500. The number of benzene rings is 2. The molecule has 2 aliphatic carbocycles. The van der Waals surface area contributed by atoms with Gasteiger partial charge in [0.1, 0.15) is 5.82 Å². The monoisotopic (exact) mass is 428 g/mol. The molecule has 3 aliphatic rings. The van der Waals surface area contributed by atoms with Gasteiger partial charge in [0.15, 0.2) is 0 Å². The maximum absolute atomic E-state index is 15.0. The average Bonchev–Trinajstić information content (AvgIpc) is 3.42. The summed E-state index contributed by atoms with van der Waals surface area (Å²) in [6, 6.07) is 14.4. The Morgan fingerprint density at radius 3 is 2.50 bits per heavy atom. The maximum atomic E-state index is 15.0. The van der Waals surface area contributed by atoms with Crippen LogP contribution in [0.4, 0.5) is 4.39 Å². The molecule has 1 N–H and O–H groups in total. The third-order valence-electron chi connectivity index (χ3n) is 7.08. The van der Waals surface area contributed by atoms with E-state index in [0.717, 1.165) is 31.2 Å². The predicted octanol–water partition coefficient (Wildman–Crippen LogP) is 3.44. The van der Waals surface area contributed by atoms with E-state index in [1.807, 2.05) is 19.2 Å². The molecule has 0 aromatic heterocycles. The van der Waals surface area contributed by atoms with Gasteiger partial charge in [0.2, 0.25) is 10.0 Å². The third-order valence-corrected chi connectivity index (χ3v) is 9.05. The minimum absolute atomic E-state index is 0.0460. The third kappa shape index (κ3) is 3.81. The number of hydrogen-bond acceptors (Lipinski definition) is 3. The van der Waals surface area contributed by atoms with Crippen LogP contribution in [0.15, 0.2) is 42.5 Å². The Hall–Kier alpha value is -1.76. The van der Waals surface area contributed by atoms with Crippen molar-refractivity contribution in [3.8, 4) is 0 Å². The molecule has 6 heteroatoms. The Bertz CT molecular complexity index is 1030. The zero-order valence-corrected chi connectivity index (χ0v) is 18.2. The molecule has 1 heterocycles. The molecular formula is C24H29FN2O2S. The molecular weight excluding hydrogens is 399 g/mol. The van der Waals surface area contributed by atoms with Gasteiger partial charge >= 0.3 is 0 Å². The number of sulfonamides is 1. The number of fused-ring (bicyclic) bond motifs is 1. The largest absolute Gasteiger partial charge is 0.316 e. The lowest BCUT2D eigenvalue weighted by molar-refractivity contribution is 0.259. The molecule has 30 heavy (non-hydrogen) atoms. The maximum Gasteiger partial charge on any atom is 0.214 e. The SMILES string of the molecule is CNC1Cc2cc(F)c(C3CN(S(=O)(=O)CC4CC4)C3)cc2C1Cc1ccccc1. The van der Waals surface area contributed by atoms with Crippen molar-refractivity contribution in [1.82, 2.24) is 9.62 Å². The molecule has 160 valence electrons. The van der Waals surface area contributed by atoms with Gasteiger partial charge in [-0.15, -0.1) is 0 Å². The number of rotatable bonds is 7. The van der Waals surface area contributed by atoms with E-state index in [1.54, 1.807) is 10.4 Å². The molecule has 2 aromatic rings. The van der Waals surface area contributed by atoms with Crippen LogP contribution in [0.5, 0.6) is 0 Å². The fourth-order valence-corrected chi connectivity index (χ4v) is 7.01. The zero-order chi connectivity index (χ0) is 20.9. The standard InChI is InChI=1S/C24H29FN2O2S/c1-26-24-11-18-10-23(25)21(12-20(18)22(24)9-16-5-3-2-4-6-16)19-13-27(14-19)30(28,29)15-17-7-8-17/h2-6,10,12,17,19,22,24,26H,7-9,11,13-15H2,1H3. The number of hydrogen-bond donors (Lipinski definition) is 1. The van der Waals surface area contributed by atoms with Gasteiger partial charge in [-0.3, -0.25) is 0 Å². The number of nitrogens with zero attached hydrogens (tertiary/aromatic N) is 1. The van der Waals surface area contributed by atoms with Crippen molar-refractivity contribution in [3.63, 3.8) is 0 Å². The summed E-state index contributed by atoms with van der Waals surface area (Å²) in [6.45, 7) is 0.813. The predicted molar refractivity (Wildman–Crippen MR) is 117 cm³/mol. The molecule has 4 nitrogen and oxygen atoms in total. The van der Waals surface area contributed by atoms with Crippen LogP contribution in [0.3, 0.4) is 0 Å². The van der Waals surface area contributed by atoms with Crippen molar-refractivity contribution in [2.24, 2.45) is 5.92 Å². The summed E-state index contributed by atoms with van der Waals surface area (Å²) >= 11 is 0. The highest BCUT2D eigenvalue weighted by molar-refractivity contribution is 7.89. The summed E-state index contributed by atoms with van der Waals surface area (Å²) in [4.78, 5) is 0. The normalized spacial score (nSPS) is 24.6. The Balaban J connectivity index is 1.36. The molecule has 1 saturated heterocycles. The van der Waals surface area contributed by atoms with Crippen LogP contribution in [0.25, 0.3) is 0 Å². The average molecular weight is 429 g/mol. The Kier molecular flexibility index (Phi) is 5.20. The first kappa shape index (κ1) is 20.2. The quantitative estimate of drug-likeness (QED) is 0.735. The number of likely N-dealkylation sites (N-methyl/N-ethyl adjacent to an activating group) is 1. The second kappa shape index (κ2) is 7.74. The van der Waals surface area contributed by atoms with Gasteiger partial charge in [-0.25, -0.2) is 17.1 Å². The van der Waals surface area contributed by atoms with Crippen molar-refractivity contribution in [3.05, 3.63) is 70.5 Å². The Morgan fingerprint density at radius 1 is 1.10 bits per heavy atom. The lowest BCUT2D eigenvalue weighted by atomic mass is 9.86. The van der Waals surface area contributed by atoms with Gasteiger partial charge in [-0.2, -0.15) is 0 Å². The van der Waals surface area contributed by atoms with Gasteiger partial charge in [0.05, 0.1) is 5.75 Å². The molecule has 0 amide bonds.